The first kappa shape index (κ1) is 11.0. The van der Waals surface area contributed by atoms with Gasteiger partial charge in [-0.25, -0.2) is 0 Å². The van der Waals surface area contributed by atoms with E-state index in [0.717, 1.165) is 12.8 Å². The number of amides is 1. The molecule has 0 aromatic rings. The summed E-state index contributed by atoms with van der Waals surface area (Å²) in [4.78, 5) is 10.8. The van der Waals surface area contributed by atoms with Crippen LogP contribution in [0.2, 0.25) is 0 Å². The van der Waals surface area contributed by atoms with Crippen LogP contribution in [0.5, 0.6) is 0 Å². The SMILES string of the molecule is CC#CC(C)(CCC)NC(C)=O. The lowest BCUT2D eigenvalue weighted by molar-refractivity contribution is -0.120. The van der Waals surface area contributed by atoms with Crippen molar-refractivity contribution in [3.8, 4) is 11.8 Å². The van der Waals surface area contributed by atoms with E-state index < -0.39 is 0 Å². The lowest BCUT2D eigenvalue weighted by Gasteiger charge is -2.23. The Labute approximate surface area is 74.7 Å². The molecule has 12 heavy (non-hydrogen) atoms. The summed E-state index contributed by atoms with van der Waals surface area (Å²) in [7, 11) is 0. The second-order valence-corrected chi connectivity index (χ2v) is 3.14. The van der Waals surface area contributed by atoms with Crippen LogP contribution >= 0.6 is 0 Å². The van der Waals surface area contributed by atoms with Gasteiger partial charge in [-0.05, 0) is 20.3 Å². The zero-order chi connectivity index (χ0) is 9.61. The van der Waals surface area contributed by atoms with E-state index >= 15 is 0 Å². The molecule has 1 amide bonds. The van der Waals surface area contributed by atoms with Gasteiger partial charge in [0.2, 0.25) is 5.91 Å². The van der Waals surface area contributed by atoms with Crippen molar-refractivity contribution in [2.45, 2.75) is 46.1 Å². The largest absolute Gasteiger partial charge is 0.340 e. The Morgan fingerprint density at radius 1 is 1.58 bits per heavy atom. The van der Waals surface area contributed by atoms with E-state index in [9.17, 15) is 4.79 Å². The first-order valence-electron chi connectivity index (χ1n) is 4.26. The molecule has 0 bridgehead atoms. The van der Waals surface area contributed by atoms with E-state index in [-0.39, 0.29) is 11.4 Å². The molecule has 2 nitrogen and oxygen atoms in total. The van der Waals surface area contributed by atoms with Crippen LogP contribution in [0.1, 0.15) is 40.5 Å². The van der Waals surface area contributed by atoms with Crippen LogP contribution in [-0.4, -0.2) is 11.4 Å². The summed E-state index contributed by atoms with van der Waals surface area (Å²) in [6, 6.07) is 0. The summed E-state index contributed by atoms with van der Waals surface area (Å²) in [5.74, 6) is 5.82. The van der Waals surface area contributed by atoms with Crippen LogP contribution in [0.3, 0.4) is 0 Å². The van der Waals surface area contributed by atoms with Crippen LogP contribution in [0.25, 0.3) is 0 Å². The van der Waals surface area contributed by atoms with Crippen molar-refractivity contribution in [2.75, 3.05) is 0 Å². The number of carbonyl (C=O) groups is 1. The number of hydrogen-bond acceptors (Lipinski definition) is 1. The Balaban J connectivity index is 4.34. The molecule has 0 spiro atoms. The molecule has 2 heteroatoms. The van der Waals surface area contributed by atoms with Gasteiger partial charge >= 0.3 is 0 Å². The summed E-state index contributed by atoms with van der Waals surface area (Å²) in [5.41, 5.74) is -0.338. The van der Waals surface area contributed by atoms with E-state index in [1.54, 1.807) is 6.92 Å². The normalized spacial score (nSPS) is 14.0. The van der Waals surface area contributed by atoms with Crippen LogP contribution < -0.4 is 5.32 Å². The topological polar surface area (TPSA) is 29.1 Å². The second-order valence-electron chi connectivity index (χ2n) is 3.14. The molecule has 68 valence electrons. The van der Waals surface area contributed by atoms with Crippen molar-refractivity contribution in [1.29, 1.82) is 0 Å². The monoisotopic (exact) mass is 167 g/mol. The average Bonchev–Trinajstić information content (AvgIpc) is 1.85. The number of rotatable bonds is 3. The number of hydrogen-bond donors (Lipinski definition) is 1. The summed E-state index contributed by atoms with van der Waals surface area (Å²) < 4.78 is 0. The summed E-state index contributed by atoms with van der Waals surface area (Å²) in [6.07, 6.45) is 1.92. The zero-order valence-corrected chi connectivity index (χ0v) is 8.32. The lowest BCUT2D eigenvalue weighted by atomic mass is 9.97. The van der Waals surface area contributed by atoms with Crippen LogP contribution in [0, 0.1) is 11.8 Å². The fourth-order valence-corrected chi connectivity index (χ4v) is 1.32. The standard InChI is InChI=1S/C10H17NO/c1-5-7-10(4,8-6-2)11-9(3)12/h5,7H2,1-4H3,(H,11,12). The summed E-state index contributed by atoms with van der Waals surface area (Å²) in [6.45, 7) is 7.34. The minimum atomic E-state index is -0.338. The van der Waals surface area contributed by atoms with E-state index in [1.165, 1.54) is 6.92 Å². The van der Waals surface area contributed by atoms with Crippen molar-refractivity contribution in [3.05, 3.63) is 0 Å². The fourth-order valence-electron chi connectivity index (χ4n) is 1.32. The Kier molecular flexibility index (Phi) is 4.43. The Morgan fingerprint density at radius 2 is 2.17 bits per heavy atom. The molecule has 1 unspecified atom stereocenters. The van der Waals surface area contributed by atoms with Gasteiger partial charge in [0.1, 0.15) is 0 Å². The van der Waals surface area contributed by atoms with Crippen LogP contribution in [0.15, 0.2) is 0 Å². The van der Waals surface area contributed by atoms with Gasteiger partial charge in [-0.1, -0.05) is 19.3 Å². The van der Waals surface area contributed by atoms with Crippen molar-refractivity contribution in [1.82, 2.24) is 5.32 Å². The highest BCUT2D eigenvalue weighted by molar-refractivity contribution is 5.74. The molecule has 0 fully saturated rings. The Morgan fingerprint density at radius 3 is 2.50 bits per heavy atom. The van der Waals surface area contributed by atoms with Gasteiger partial charge in [0.05, 0.1) is 5.54 Å². The average molecular weight is 167 g/mol. The maximum atomic E-state index is 10.8. The second kappa shape index (κ2) is 4.82. The third kappa shape index (κ3) is 4.02. The molecule has 0 aliphatic heterocycles. The fraction of sp³-hybridized carbons (Fsp3) is 0.700. The highest BCUT2D eigenvalue weighted by atomic mass is 16.1. The van der Waals surface area contributed by atoms with E-state index in [0.29, 0.717) is 0 Å². The zero-order valence-electron chi connectivity index (χ0n) is 8.32. The first-order valence-corrected chi connectivity index (χ1v) is 4.26. The van der Waals surface area contributed by atoms with Gasteiger partial charge in [0, 0.05) is 6.92 Å². The van der Waals surface area contributed by atoms with Crippen molar-refractivity contribution in [3.63, 3.8) is 0 Å². The Hall–Kier alpha value is -0.970. The van der Waals surface area contributed by atoms with E-state index in [2.05, 4.69) is 24.1 Å². The summed E-state index contributed by atoms with van der Waals surface area (Å²) in [5, 5.41) is 2.85. The van der Waals surface area contributed by atoms with Gasteiger partial charge in [0.25, 0.3) is 0 Å². The first-order chi connectivity index (χ1) is 5.54. The maximum absolute atomic E-state index is 10.8. The van der Waals surface area contributed by atoms with Gasteiger partial charge in [-0.2, -0.15) is 0 Å². The third-order valence-corrected chi connectivity index (χ3v) is 1.60. The molecule has 0 heterocycles. The predicted octanol–water partition coefficient (Wildman–Crippen LogP) is 1.70. The summed E-state index contributed by atoms with van der Waals surface area (Å²) >= 11 is 0. The van der Waals surface area contributed by atoms with Gasteiger partial charge in [-0.15, -0.1) is 5.92 Å². The van der Waals surface area contributed by atoms with E-state index in [1.807, 2.05) is 6.92 Å². The number of nitrogens with one attached hydrogen (secondary N) is 1. The molecule has 1 N–H and O–H groups in total. The van der Waals surface area contributed by atoms with Gasteiger partial charge in [0.15, 0.2) is 0 Å². The third-order valence-electron chi connectivity index (χ3n) is 1.60. The highest BCUT2D eigenvalue weighted by Crippen LogP contribution is 2.10. The smallest absolute Gasteiger partial charge is 0.218 e. The van der Waals surface area contributed by atoms with Crippen molar-refractivity contribution in [2.24, 2.45) is 0 Å². The van der Waals surface area contributed by atoms with Gasteiger partial charge in [-0.3, -0.25) is 4.79 Å². The molecule has 0 radical (unpaired) electrons. The maximum Gasteiger partial charge on any atom is 0.218 e. The minimum absolute atomic E-state index is 0.0197. The van der Waals surface area contributed by atoms with Gasteiger partial charge < -0.3 is 5.32 Å². The van der Waals surface area contributed by atoms with Crippen LogP contribution in [-0.2, 0) is 4.79 Å². The van der Waals surface area contributed by atoms with Crippen LogP contribution in [0.4, 0.5) is 0 Å². The molecule has 0 saturated carbocycles. The molecule has 0 aromatic heterocycles. The molecule has 0 aliphatic rings. The molecule has 0 saturated heterocycles. The van der Waals surface area contributed by atoms with Crippen molar-refractivity contribution < 1.29 is 4.79 Å². The molecule has 1 atom stereocenters. The molecule has 0 rings (SSSR count). The number of carbonyl (C=O) groups excluding carboxylic acids is 1. The molecule has 0 aliphatic carbocycles. The predicted molar refractivity (Wildman–Crippen MR) is 50.6 cm³/mol. The van der Waals surface area contributed by atoms with E-state index in [4.69, 9.17) is 0 Å². The van der Waals surface area contributed by atoms with Crippen molar-refractivity contribution >= 4 is 5.91 Å². The quantitative estimate of drug-likeness (QED) is 0.637. The molecule has 0 aromatic carbocycles. The minimum Gasteiger partial charge on any atom is -0.340 e. The molecular weight excluding hydrogens is 150 g/mol. The Bertz CT molecular complexity index is 212. The lowest BCUT2D eigenvalue weighted by Crippen LogP contribution is -2.43. The highest BCUT2D eigenvalue weighted by Gasteiger charge is 2.20. The molecular formula is C10H17NO.